The van der Waals surface area contributed by atoms with Crippen molar-refractivity contribution in [1.82, 2.24) is 10.6 Å². The molecule has 0 radical (unpaired) electrons. The Morgan fingerprint density at radius 1 is 1.26 bits per heavy atom. The van der Waals surface area contributed by atoms with E-state index in [0.29, 0.717) is 35.4 Å². The van der Waals surface area contributed by atoms with E-state index < -0.39 is 0 Å². The van der Waals surface area contributed by atoms with Gasteiger partial charge in [0, 0.05) is 36.6 Å². The topological polar surface area (TPSA) is 45.7 Å². The number of hydrogen-bond acceptors (Lipinski definition) is 2. The fourth-order valence-corrected chi connectivity index (χ4v) is 4.72. The van der Waals surface area contributed by atoms with Crippen LogP contribution in [0.15, 0.2) is 4.99 Å². The van der Waals surface area contributed by atoms with E-state index in [1.54, 1.807) is 0 Å². The highest BCUT2D eigenvalue weighted by molar-refractivity contribution is 14.0. The van der Waals surface area contributed by atoms with E-state index in [1.807, 2.05) is 0 Å². The Bertz CT molecular complexity index is 420. The Balaban J connectivity index is 0.00000192. The number of hydrogen-bond donors (Lipinski definition) is 2. The molecule has 134 valence electrons. The number of ether oxygens (including phenoxy) is 1. The van der Waals surface area contributed by atoms with Crippen LogP contribution in [0, 0.1) is 17.3 Å². The fourth-order valence-electron chi connectivity index (χ4n) is 4.72. The second-order valence-corrected chi connectivity index (χ2v) is 7.81. The van der Waals surface area contributed by atoms with E-state index in [1.165, 1.54) is 32.1 Å². The summed E-state index contributed by atoms with van der Waals surface area (Å²) in [6.07, 6.45) is 7.10. The smallest absolute Gasteiger partial charge is 0.191 e. The molecular weight excluding hydrogens is 401 g/mol. The summed E-state index contributed by atoms with van der Waals surface area (Å²) in [6.45, 7) is 10.6. The molecule has 1 heterocycles. The molecule has 0 aromatic rings. The predicted molar refractivity (Wildman–Crippen MR) is 106 cm³/mol. The second kappa shape index (κ2) is 7.89. The van der Waals surface area contributed by atoms with Crippen LogP contribution in [0.5, 0.6) is 0 Å². The summed E-state index contributed by atoms with van der Waals surface area (Å²) in [5, 5.41) is 7.40. The molecule has 0 bridgehead atoms. The Morgan fingerprint density at radius 2 is 1.96 bits per heavy atom. The third-order valence-electron chi connectivity index (χ3n) is 6.26. The van der Waals surface area contributed by atoms with E-state index in [-0.39, 0.29) is 24.0 Å². The third-order valence-corrected chi connectivity index (χ3v) is 6.26. The summed E-state index contributed by atoms with van der Waals surface area (Å²) < 4.78 is 6.08. The standard InChI is InChI=1S/C18H33N3O.HI/c1-5-19-17(20-13(4)12(2)3)21-15-14-8-11-22-16(14)18(15)9-6-7-10-18;/h12-16H,5-11H2,1-4H3,(H2,19,20,21);1H. The predicted octanol–water partition coefficient (Wildman–Crippen LogP) is 3.55. The van der Waals surface area contributed by atoms with Crippen LogP contribution < -0.4 is 10.6 Å². The molecular formula is C18H34IN3O. The zero-order valence-electron chi connectivity index (χ0n) is 15.1. The number of guanidine groups is 1. The van der Waals surface area contributed by atoms with Gasteiger partial charge in [-0.2, -0.15) is 0 Å². The Hall–Kier alpha value is -0.0400. The Morgan fingerprint density at radius 3 is 2.57 bits per heavy atom. The monoisotopic (exact) mass is 435 g/mol. The van der Waals surface area contributed by atoms with E-state index in [2.05, 4.69) is 38.3 Å². The third kappa shape index (κ3) is 3.51. The minimum atomic E-state index is 0. The number of rotatable bonds is 4. The van der Waals surface area contributed by atoms with Crippen LogP contribution in [0.2, 0.25) is 0 Å². The normalized spacial score (nSPS) is 33.1. The first-order chi connectivity index (χ1) is 10.6. The van der Waals surface area contributed by atoms with Gasteiger partial charge in [-0.05, 0) is 39.0 Å². The van der Waals surface area contributed by atoms with Crippen LogP contribution in [-0.4, -0.2) is 37.3 Å². The SMILES string of the molecule is CCN=C(NC(C)C(C)C)NC1C2CCOC2C12CCCC2.I. The number of fused-ring (bicyclic) bond motifs is 2. The van der Waals surface area contributed by atoms with Crippen molar-refractivity contribution >= 4 is 29.9 Å². The van der Waals surface area contributed by atoms with Gasteiger partial charge in [0.05, 0.1) is 6.10 Å². The highest BCUT2D eigenvalue weighted by Gasteiger charge is 2.65. The highest BCUT2D eigenvalue weighted by Crippen LogP contribution is 2.60. The minimum Gasteiger partial charge on any atom is -0.377 e. The van der Waals surface area contributed by atoms with Crippen molar-refractivity contribution in [1.29, 1.82) is 0 Å². The average molecular weight is 435 g/mol. The van der Waals surface area contributed by atoms with Gasteiger partial charge in [-0.25, -0.2) is 0 Å². The molecule has 2 aliphatic carbocycles. The van der Waals surface area contributed by atoms with E-state index in [4.69, 9.17) is 9.73 Å². The van der Waals surface area contributed by atoms with Gasteiger partial charge in [-0.3, -0.25) is 4.99 Å². The summed E-state index contributed by atoms with van der Waals surface area (Å²) in [5.74, 6) is 2.30. The lowest BCUT2D eigenvalue weighted by atomic mass is 9.54. The van der Waals surface area contributed by atoms with E-state index >= 15 is 0 Å². The maximum absolute atomic E-state index is 6.08. The molecule has 5 heteroatoms. The molecule has 1 spiro atoms. The first-order valence-corrected chi connectivity index (χ1v) is 9.27. The van der Waals surface area contributed by atoms with Gasteiger partial charge >= 0.3 is 0 Å². The van der Waals surface area contributed by atoms with Gasteiger partial charge in [0.15, 0.2) is 5.96 Å². The van der Waals surface area contributed by atoms with Gasteiger partial charge in [-0.15, -0.1) is 24.0 Å². The summed E-state index contributed by atoms with van der Waals surface area (Å²) in [5.41, 5.74) is 0.387. The van der Waals surface area contributed by atoms with Crippen LogP contribution in [0.4, 0.5) is 0 Å². The molecule has 2 saturated carbocycles. The van der Waals surface area contributed by atoms with Gasteiger partial charge in [0.1, 0.15) is 0 Å². The summed E-state index contributed by atoms with van der Waals surface area (Å²) in [6, 6.07) is 0.993. The average Bonchev–Trinajstić information content (AvgIpc) is 3.12. The number of halogens is 1. The molecule has 0 amide bonds. The lowest BCUT2D eigenvalue weighted by Crippen LogP contribution is -2.69. The summed E-state index contributed by atoms with van der Waals surface area (Å²) in [7, 11) is 0. The van der Waals surface area contributed by atoms with Crippen LogP contribution in [0.25, 0.3) is 0 Å². The summed E-state index contributed by atoms with van der Waals surface area (Å²) in [4.78, 5) is 4.69. The van der Waals surface area contributed by atoms with Crippen molar-refractivity contribution in [2.75, 3.05) is 13.2 Å². The quantitative estimate of drug-likeness (QED) is 0.403. The van der Waals surface area contributed by atoms with Crippen molar-refractivity contribution in [2.24, 2.45) is 22.2 Å². The minimum absolute atomic E-state index is 0. The fraction of sp³-hybridized carbons (Fsp3) is 0.944. The van der Waals surface area contributed by atoms with Gasteiger partial charge in [-0.1, -0.05) is 26.7 Å². The van der Waals surface area contributed by atoms with E-state index in [0.717, 1.165) is 19.1 Å². The highest BCUT2D eigenvalue weighted by atomic mass is 127. The molecule has 4 unspecified atom stereocenters. The molecule has 4 nitrogen and oxygen atoms in total. The van der Waals surface area contributed by atoms with E-state index in [9.17, 15) is 0 Å². The molecule has 4 atom stereocenters. The zero-order valence-corrected chi connectivity index (χ0v) is 17.4. The largest absolute Gasteiger partial charge is 0.377 e. The second-order valence-electron chi connectivity index (χ2n) is 7.81. The van der Waals surface area contributed by atoms with Crippen molar-refractivity contribution < 1.29 is 4.74 Å². The van der Waals surface area contributed by atoms with Crippen molar-refractivity contribution in [2.45, 2.75) is 78.0 Å². The number of nitrogens with one attached hydrogen (secondary N) is 2. The molecule has 0 aromatic heterocycles. The van der Waals surface area contributed by atoms with Gasteiger partial charge in [0.25, 0.3) is 0 Å². The molecule has 1 aliphatic heterocycles. The lowest BCUT2D eigenvalue weighted by Gasteiger charge is -2.57. The Labute approximate surface area is 158 Å². The van der Waals surface area contributed by atoms with Gasteiger partial charge in [0.2, 0.25) is 0 Å². The van der Waals surface area contributed by atoms with Crippen molar-refractivity contribution in [3.63, 3.8) is 0 Å². The maximum atomic E-state index is 6.08. The molecule has 3 rings (SSSR count). The molecule has 0 aromatic carbocycles. The van der Waals surface area contributed by atoms with Crippen LogP contribution in [0.3, 0.4) is 0 Å². The molecule has 1 saturated heterocycles. The van der Waals surface area contributed by atoms with Crippen molar-refractivity contribution in [3.05, 3.63) is 0 Å². The molecule has 3 aliphatic rings. The van der Waals surface area contributed by atoms with Crippen LogP contribution in [-0.2, 0) is 4.74 Å². The maximum Gasteiger partial charge on any atom is 0.191 e. The Kier molecular flexibility index (Phi) is 6.62. The lowest BCUT2D eigenvalue weighted by molar-refractivity contribution is -0.125. The molecule has 2 N–H and O–H groups in total. The molecule has 3 fully saturated rings. The van der Waals surface area contributed by atoms with Crippen molar-refractivity contribution in [3.8, 4) is 0 Å². The first-order valence-electron chi connectivity index (χ1n) is 9.27. The zero-order chi connectivity index (χ0) is 15.7. The van der Waals surface area contributed by atoms with Gasteiger partial charge < -0.3 is 15.4 Å². The molecule has 23 heavy (non-hydrogen) atoms. The van der Waals surface area contributed by atoms with Crippen LogP contribution in [0.1, 0.15) is 59.8 Å². The number of aliphatic imine (C=N–C) groups is 1. The first kappa shape index (κ1) is 19.3. The van der Waals surface area contributed by atoms with Crippen LogP contribution >= 0.6 is 24.0 Å². The summed E-state index contributed by atoms with van der Waals surface area (Å²) >= 11 is 0. The number of nitrogens with zero attached hydrogens (tertiary/aromatic N) is 1.